The Morgan fingerprint density at radius 3 is 2.14 bits per heavy atom. The molecule has 0 radical (unpaired) electrons. The second-order valence-electron chi connectivity index (χ2n) is 3.65. The van der Waals surface area contributed by atoms with Crippen molar-refractivity contribution in [1.29, 1.82) is 0 Å². The molecule has 0 aromatic heterocycles. The molecule has 1 atom stereocenters. The first-order valence-electron chi connectivity index (χ1n) is 5.45. The predicted molar refractivity (Wildman–Crippen MR) is 61.9 cm³/mol. The van der Waals surface area contributed by atoms with E-state index in [4.69, 9.17) is 5.11 Å². The number of carboxylic acids is 1. The van der Waals surface area contributed by atoms with Gasteiger partial charge in [-0.15, -0.1) is 0 Å². The number of hydrogen-bond donors (Lipinski definition) is 1. The molecular weight excluding hydrogens is 203 g/mol. The van der Waals surface area contributed by atoms with Crippen LogP contribution in [0.3, 0.4) is 0 Å². The van der Waals surface area contributed by atoms with Gasteiger partial charge in [0.05, 0.1) is 5.92 Å². The summed E-state index contributed by atoms with van der Waals surface area (Å²) in [5, 5.41) is 8.78. The third-order valence-corrected chi connectivity index (χ3v) is 2.50. The van der Waals surface area contributed by atoms with Gasteiger partial charge in [-0.1, -0.05) is 46.0 Å². The maximum absolute atomic E-state index is 10.7. The van der Waals surface area contributed by atoms with Crippen molar-refractivity contribution in [2.24, 2.45) is 5.92 Å². The van der Waals surface area contributed by atoms with Crippen LogP contribution in [-0.4, -0.2) is 62.5 Å². The number of rotatable bonds is 8. The van der Waals surface area contributed by atoms with Crippen molar-refractivity contribution in [3.05, 3.63) is 0 Å². The molecule has 80 valence electrons. The van der Waals surface area contributed by atoms with Crippen LogP contribution < -0.4 is 0 Å². The average Bonchev–Trinajstić information content (AvgIpc) is 2.10. The summed E-state index contributed by atoms with van der Waals surface area (Å²) in [7, 11) is 0. The van der Waals surface area contributed by atoms with Crippen molar-refractivity contribution in [1.82, 2.24) is 0 Å². The molecule has 0 rings (SSSR count). The topological polar surface area (TPSA) is 37.3 Å². The standard InChI is InChI=1S/C11H22O2.K.H/c1-3-5-6-7-8-9-10(4-2)11(12)13;;/h10H,3-9H2,1-2H3,(H,12,13);;. The zero-order valence-corrected chi connectivity index (χ0v) is 8.88. The predicted octanol–water partition coefficient (Wildman–Crippen LogP) is 2.81. The van der Waals surface area contributed by atoms with Gasteiger partial charge in [-0.3, -0.25) is 4.79 Å². The van der Waals surface area contributed by atoms with E-state index in [0.29, 0.717) is 0 Å². The van der Waals surface area contributed by atoms with Crippen LogP contribution in [0, 0.1) is 5.92 Å². The van der Waals surface area contributed by atoms with Gasteiger partial charge < -0.3 is 5.11 Å². The van der Waals surface area contributed by atoms with Crippen LogP contribution in [0.4, 0.5) is 0 Å². The summed E-state index contributed by atoms with van der Waals surface area (Å²) >= 11 is 0. The minimum atomic E-state index is -0.627. The fourth-order valence-corrected chi connectivity index (χ4v) is 1.50. The van der Waals surface area contributed by atoms with Gasteiger partial charge in [-0.2, -0.15) is 0 Å². The molecule has 0 saturated carbocycles. The van der Waals surface area contributed by atoms with E-state index in [1.165, 1.54) is 25.7 Å². The molecule has 14 heavy (non-hydrogen) atoms. The molecule has 0 bridgehead atoms. The summed E-state index contributed by atoms with van der Waals surface area (Å²) in [6, 6.07) is 0. The number of carboxylic acid groups (broad SMARTS) is 1. The molecule has 0 fully saturated rings. The third kappa shape index (κ3) is 9.65. The zero-order chi connectivity index (χ0) is 10.1. The van der Waals surface area contributed by atoms with Crippen molar-refractivity contribution in [2.45, 2.75) is 58.8 Å². The van der Waals surface area contributed by atoms with E-state index in [1.807, 2.05) is 6.92 Å². The van der Waals surface area contributed by atoms with Crippen LogP contribution in [-0.2, 0) is 4.79 Å². The Morgan fingerprint density at radius 1 is 1.14 bits per heavy atom. The number of carbonyl (C=O) groups is 1. The fraction of sp³-hybridized carbons (Fsp3) is 0.909. The number of aliphatic carboxylic acids is 1. The Hall–Kier alpha value is 1.11. The van der Waals surface area contributed by atoms with Crippen molar-refractivity contribution in [3.8, 4) is 0 Å². The van der Waals surface area contributed by atoms with Crippen LogP contribution in [0.15, 0.2) is 0 Å². The number of hydrogen-bond acceptors (Lipinski definition) is 1. The molecular formula is C11H23KO2. The van der Waals surface area contributed by atoms with Gasteiger partial charge in [0.1, 0.15) is 0 Å². The minimum absolute atomic E-state index is 0. The average molecular weight is 226 g/mol. The second-order valence-corrected chi connectivity index (χ2v) is 3.65. The van der Waals surface area contributed by atoms with Gasteiger partial charge >= 0.3 is 57.4 Å². The summed E-state index contributed by atoms with van der Waals surface area (Å²) in [4.78, 5) is 10.7. The molecule has 0 aliphatic heterocycles. The van der Waals surface area contributed by atoms with Gasteiger partial charge in [-0.05, 0) is 12.8 Å². The summed E-state index contributed by atoms with van der Waals surface area (Å²) in [5.41, 5.74) is 0. The van der Waals surface area contributed by atoms with Crippen LogP contribution in [0.2, 0.25) is 0 Å². The maximum atomic E-state index is 10.7. The molecule has 3 heteroatoms. The van der Waals surface area contributed by atoms with Crippen molar-refractivity contribution >= 4 is 57.4 Å². The van der Waals surface area contributed by atoms with E-state index in [0.717, 1.165) is 19.3 Å². The molecule has 0 saturated heterocycles. The van der Waals surface area contributed by atoms with Crippen molar-refractivity contribution in [3.63, 3.8) is 0 Å². The van der Waals surface area contributed by atoms with Crippen LogP contribution in [0.1, 0.15) is 58.8 Å². The van der Waals surface area contributed by atoms with E-state index in [2.05, 4.69) is 6.92 Å². The van der Waals surface area contributed by atoms with E-state index >= 15 is 0 Å². The molecule has 0 spiro atoms. The van der Waals surface area contributed by atoms with Gasteiger partial charge in [0.25, 0.3) is 0 Å². The molecule has 0 amide bonds. The van der Waals surface area contributed by atoms with Gasteiger partial charge in [0.2, 0.25) is 0 Å². The Balaban J connectivity index is 0. The van der Waals surface area contributed by atoms with E-state index < -0.39 is 5.97 Å². The van der Waals surface area contributed by atoms with Crippen molar-refractivity contribution in [2.75, 3.05) is 0 Å². The third-order valence-electron chi connectivity index (χ3n) is 2.50. The molecule has 1 unspecified atom stereocenters. The molecule has 0 heterocycles. The Bertz CT molecular complexity index is 137. The Kier molecular flexibility index (Phi) is 15.2. The molecule has 0 aliphatic carbocycles. The summed E-state index contributed by atoms with van der Waals surface area (Å²) < 4.78 is 0. The fourth-order valence-electron chi connectivity index (χ4n) is 1.50. The van der Waals surface area contributed by atoms with Gasteiger partial charge in [0, 0.05) is 0 Å². The van der Waals surface area contributed by atoms with Crippen LogP contribution >= 0.6 is 0 Å². The summed E-state index contributed by atoms with van der Waals surface area (Å²) in [6.07, 6.45) is 7.67. The molecule has 0 aliphatic rings. The second kappa shape index (κ2) is 12.2. The van der Waals surface area contributed by atoms with Gasteiger partial charge in [0.15, 0.2) is 0 Å². The molecule has 2 nitrogen and oxygen atoms in total. The normalized spacial score (nSPS) is 11.9. The quantitative estimate of drug-likeness (QED) is 0.510. The Morgan fingerprint density at radius 2 is 1.71 bits per heavy atom. The first-order valence-corrected chi connectivity index (χ1v) is 5.45. The first-order chi connectivity index (χ1) is 6.22. The monoisotopic (exact) mass is 226 g/mol. The van der Waals surface area contributed by atoms with Gasteiger partial charge in [-0.25, -0.2) is 0 Å². The molecule has 1 N–H and O–H groups in total. The molecule has 0 aromatic rings. The van der Waals surface area contributed by atoms with E-state index in [-0.39, 0.29) is 57.3 Å². The van der Waals surface area contributed by atoms with E-state index in [1.54, 1.807) is 0 Å². The SMILES string of the molecule is CCCCCCCC(CC)C(=O)O.[KH]. The number of unbranched alkanes of at least 4 members (excludes halogenated alkanes) is 4. The summed E-state index contributed by atoms with van der Waals surface area (Å²) in [6.45, 7) is 4.14. The zero-order valence-electron chi connectivity index (χ0n) is 8.88. The molecule has 0 aromatic carbocycles. The van der Waals surface area contributed by atoms with Crippen LogP contribution in [0.5, 0.6) is 0 Å². The van der Waals surface area contributed by atoms with Crippen molar-refractivity contribution < 1.29 is 9.90 Å². The van der Waals surface area contributed by atoms with Crippen LogP contribution in [0.25, 0.3) is 0 Å². The summed E-state index contributed by atoms with van der Waals surface area (Å²) in [5.74, 6) is -0.736. The Labute approximate surface area is 130 Å². The van der Waals surface area contributed by atoms with E-state index in [9.17, 15) is 4.79 Å². The first kappa shape index (κ1) is 17.5.